The average molecular weight is 337 g/mol. The van der Waals surface area contributed by atoms with Gasteiger partial charge in [-0.25, -0.2) is 9.78 Å². The Morgan fingerprint density at radius 3 is 2.42 bits per heavy atom. The van der Waals surface area contributed by atoms with E-state index in [0.29, 0.717) is 24.1 Å². The molecule has 0 fully saturated rings. The van der Waals surface area contributed by atoms with E-state index in [9.17, 15) is 13.6 Å². The third-order valence-corrected chi connectivity index (χ3v) is 2.74. The fourth-order valence-electron chi connectivity index (χ4n) is 1.83. The van der Waals surface area contributed by atoms with E-state index < -0.39 is 12.1 Å². The molecule has 0 aliphatic rings. The van der Waals surface area contributed by atoms with Gasteiger partial charge in [-0.15, -0.1) is 0 Å². The molecule has 0 bridgehead atoms. The minimum absolute atomic E-state index is 0.00543. The van der Waals surface area contributed by atoms with Crippen LogP contribution in [0.5, 0.6) is 5.75 Å². The van der Waals surface area contributed by atoms with Gasteiger partial charge in [-0.2, -0.15) is 13.8 Å². The van der Waals surface area contributed by atoms with E-state index >= 15 is 0 Å². The number of alkyl halides is 2. The van der Waals surface area contributed by atoms with Crippen LogP contribution in [0.25, 0.3) is 0 Å². The van der Waals surface area contributed by atoms with Crippen molar-refractivity contribution >= 4 is 23.5 Å². The van der Waals surface area contributed by atoms with Crippen molar-refractivity contribution in [1.82, 2.24) is 9.97 Å². The second-order valence-corrected chi connectivity index (χ2v) is 4.98. The van der Waals surface area contributed by atoms with Crippen molar-refractivity contribution < 1.29 is 18.3 Å². The fraction of sp³-hybridized carbons (Fsp3) is 0.267. The molecule has 1 aromatic carbocycles. The SMILES string of the molecule is CNc1cc(C)nc(NC(=O)Nc2ccc(OC(C)(F)F)cc2)n1. The number of carbonyl (C=O) groups is 1. The Labute approximate surface area is 137 Å². The number of hydrogen-bond donors (Lipinski definition) is 3. The molecule has 0 aliphatic carbocycles. The molecule has 0 unspecified atom stereocenters. The summed E-state index contributed by atoms with van der Waals surface area (Å²) in [5.41, 5.74) is 1.09. The summed E-state index contributed by atoms with van der Waals surface area (Å²) in [6.45, 7) is 2.42. The number of carbonyl (C=O) groups excluding carboxylic acids is 1. The normalized spacial score (nSPS) is 10.9. The first kappa shape index (κ1) is 17.4. The summed E-state index contributed by atoms with van der Waals surface area (Å²) >= 11 is 0. The van der Waals surface area contributed by atoms with Gasteiger partial charge in [0, 0.05) is 31.4 Å². The molecule has 0 aliphatic heterocycles. The van der Waals surface area contributed by atoms with Crippen LogP contribution in [-0.2, 0) is 0 Å². The molecule has 1 aromatic heterocycles. The molecule has 3 N–H and O–H groups in total. The van der Waals surface area contributed by atoms with Crippen molar-refractivity contribution in [1.29, 1.82) is 0 Å². The number of urea groups is 1. The maximum atomic E-state index is 12.7. The van der Waals surface area contributed by atoms with Crippen LogP contribution in [0.1, 0.15) is 12.6 Å². The smallest absolute Gasteiger partial charge is 0.394 e. The Morgan fingerprint density at radius 1 is 1.17 bits per heavy atom. The summed E-state index contributed by atoms with van der Waals surface area (Å²) in [5.74, 6) is 0.705. The highest BCUT2D eigenvalue weighted by molar-refractivity contribution is 5.98. The number of amides is 2. The summed E-state index contributed by atoms with van der Waals surface area (Å²) in [6, 6.07) is 6.71. The van der Waals surface area contributed by atoms with Crippen molar-refractivity contribution in [3.05, 3.63) is 36.0 Å². The highest BCUT2D eigenvalue weighted by atomic mass is 19.3. The molecule has 24 heavy (non-hydrogen) atoms. The lowest BCUT2D eigenvalue weighted by molar-refractivity contribution is -0.158. The summed E-state index contributed by atoms with van der Waals surface area (Å²) < 4.78 is 29.9. The third kappa shape index (κ3) is 5.34. The second kappa shape index (κ2) is 7.07. The van der Waals surface area contributed by atoms with Gasteiger partial charge in [0.1, 0.15) is 11.6 Å². The molecule has 0 radical (unpaired) electrons. The van der Waals surface area contributed by atoms with Crippen LogP contribution in [0.3, 0.4) is 0 Å². The van der Waals surface area contributed by atoms with Crippen LogP contribution >= 0.6 is 0 Å². The van der Waals surface area contributed by atoms with E-state index in [-0.39, 0.29) is 11.7 Å². The maximum absolute atomic E-state index is 12.7. The number of aryl methyl sites for hydroxylation is 1. The number of aromatic nitrogens is 2. The molecule has 128 valence electrons. The second-order valence-electron chi connectivity index (χ2n) is 4.98. The predicted octanol–water partition coefficient (Wildman–Crippen LogP) is 3.46. The average Bonchev–Trinajstić information content (AvgIpc) is 2.47. The van der Waals surface area contributed by atoms with Crippen LogP contribution in [0.15, 0.2) is 30.3 Å². The third-order valence-electron chi connectivity index (χ3n) is 2.74. The summed E-state index contributed by atoms with van der Waals surface area (Å²) in [5, 5.41) is 7.90. The van der Waals surface area contributed by atoms with Gasteiger partial charge in [-0.1, -0.05) is 0 Å². The first-order chi connectivity index (χ1) is 11.2. The number of nitrogens with zero attached hydrogens (tertiary/aromatic N) is 2. The van der Waals surface area contributed by atoms with Gasteiger partial charge in [0.25, 0.3) is 0 Å². The van der Waals surface area contributed by atoms with Gasteiger partial charge in [0.05, 0.1) is 0 Å². The largest absolute Gasteiger partial charge is 0.433 e. The number of rotatable bonds is 5. The van der Waals surface area contributed by atoms with Gasteiger partial charge in [0.15, 0.2) is 0 Å². The lowest BCUT2D eigenvalue weighted by Gasteiger charge is -2.13. The number of nitrogens with one attached hydrogen (secondary N) is 3. The van der Waals surface area contributed by atoms with Crippen molar-refractivity contribution in [2.75, 3.05) is 23.0 Å². The van der Waals surface area contributed by atoms with Gasteiger partial charge in [0.2, 0.25) is 5.95 Å². The van der Waals surface area contributed by atoms with Gasteiger partial charge in [-0.05, 0) is 31.2 Å². The first-order valence-electron chi connectivity index (χ1n) is 7.03. The maximum Gasteiger partial charge on any atom is 0.394 e. The topological polar surface area (TPSA) is 88.2 Å². The van der Waals surface area contributed by atoms with Crippen LogP contribution < -0.4 is 20.7 Å². The van der Waals surface area contributed by atoms with Crippen molar-refractivity contribution in [2.24, 2.45) is 0 Å². The zero-order valence-corrected chi connectivity index (χ0v) is 13.4. The van der Waals surface area contributed by atoms with Gasteiger partial charge >= 0.3 is 12.1 Å². The molecule has 2 amide bonds. The van der Waals surface area contributed by atoms with Gasteiger partial charge in [-0.3, -0.25) is 5.32 Å². The highest BCUT2D eigenvalue weighted by Crippen LogP contribution is 2.22. The van der Waals surface area contributed by atoms with Crippen LogP contribution in [-0.4, -0.2) is 29.2 Å². The molecule has 0 saturated heterocycles. The van der Waals surface area contributed by atoms with Crippen LogP contribution in [0, 0.1) is 6.92 Å². The quantitative estimate of drug-likeness (QED) is 0.777. The molecule has 2 aromatic rings. The van der Waals surface area contributed by atoms with E-state index in [1.54, 1.807) is 20.0 Å². The Hall–Kier alpha value is -2.97. The molecule has 0 spiro atoms. The zero-order valence-electron chi connectivity index (χ0n) is 13.4. The minimum atomic E-state index is -3.26. The molecule has 0 saturated carbocycles. The molecule has 9 heteroatoms. The van der Waals surface area contributed by atoms with E-state index in [4.69, 9.17) is 0 Å². The lowest BCUT2D eigenvalue weighted by Crippen LogP contribution is -2.21. The van der Waals surface area contributed by atoms with Crippen LogP contribution in [0.2, 0.25) is 0 Å². The Morgan fingerprint density at radius 2 is 1.83 bits per heavy atom. The number of ether oxygens (including phenoxy) is 1. The summed E-state index contributed by atoms with van der Waals surface area (Å²) in [4.78, 5) is 20.1. The summed E-state index contributed by atoms with van der Waals surface area (Å²) in [7, 11) is 1.70. The minimum Gasteiger partial charge on any atom is -0.433 e. The number of anilines is 3. The van der Waals surface area contributed by atoms with Crippen molar-refractivity contribution in [3.63, 3.8) is 0 Å². The Kier molecular flexibility index (Phi) is 5.12. The Bertz CT molecular complexity index is 717. The highest BCUT2D eigenvalue weighted by Gasteiger charge is 2.22. The van der Waals surface area contributed by atoms with Crippen molar-refractivity contribution in [3.8, 4) is 5.75 Å². The standard InChI is InChI=1S/C15H17F2N5O2/c1-9-8-12(18-3)21-13(19-9)22-14(23)20-10-4-6-11(7-5-10)24-15(2,16)17/h4-8H,1-3H3,(H3,18,19,20,21,22,23). The van der Waals surface area contributed by atoms with E-state index in [0.717, 1.165) is 0 Å². The van der Waals surface area contributed by atoms with E-state index in [2.05, 4.69) is 30.7 Å². The van der Waals surface area contributed by atoms with Crippen molar-refractivity contribution in [2.45, 2.75) is 20.0 Å². The molecule has 0 atom stereocenters. The molecule has 2 rings (SSSR count). The predicted molar refractivity (Wildman–Crippen MR) is 86.6 cm³/mol. The van der Waals surface area contributed by atoms with E-state index in [1.807, 2.05) is 0 Å². The van der Waals surface area contributed by atoms with Crippen LogP contribution in [0.4, 0.5) is 31.0 Å². The number of benzene rings is 1. The van der Waals surface area contributed by atoms with E-state index in [1.165, 1.54) is 24.3 Å². The lowest BCUT2D eigenvalue weighted by atomic mass is 10.3. The molecule has 1 heterocycles. The first-order valence-corrected chi connectivity index (χ1v) is 7.03. The molecular weight excluding hydrogens is 320 g/mol. The monoisotopic (exact) mass is 337 g/mol. The molecule has 7 nitrogen and oxygen atoms in total. The molecular formula is C15H17F2N5O2. The number of halogens is 2. The zero-order chi connectivity index (χ0) is 17.7. The fourth-order valence-corrected chi connectivity index (χ4v) is 1.83. The number of hydrogen-bond acceptors (Lipinski definition) is 5. The summed E-state index contributed by atoms with van der Waals surface area (Å²) in [6.07, 6.45) is -3.26. The van der Waals surface area contributed by atoms with Gasteiger partial charge < -0.3 is 15.4 Å². The Balaban J connectivity index is 1.98.